The first-order valence-electron chi connectivity index (χ1n) is 8.87. The van der Waals surface area contributed by atoms with Gasteiger partial charge in [-0.25, -0.2) is 9.98 Å². The highest BCUT2D eigenvalue weighted by atomic mass is 16.3. The lowest BCUT2D eigenvalue weighted by Gasteiger charge is -2.48. The van der Waals surface area contributed by atoms with Crippen LogP contribution in [-0.4, -0.2) is 70.4 Å². The maximum absolute atomic E-state index is 12.5. The summed E-state index contributed by atoms with van der Waals surface area (Å²) < 4.78 is 0. The Morgan fingerprint density at radius 1 is 1.42 bits per heavy atom. The van der Waals surface area contributed by atoms with E-state index >= 15 is 0 Å². The Kier molecular flexibility index (Phi) is 3.83. The molecule has 4 aliphatic rings. The second-order valence-electron chi connectivity index (χ2n) is 7.27. The minimum Gasteiger partial charge on any atom is -0.384 e. The van der Waals surface area contributed by atoms with Gasteiger partial charge in [0.15, 0.2) is 0 Å². The van der Waals surface area contributed by atoms with E-state index in [9.17, 15) is 9.90 Å². The monoisotopic (exact) mass is 331 g/mol. The van der Waals surface area contributed by atoms with Crippen molar-refractivity contribution in [3.05, 3.63) is 12.3 Å². The van der Waals surface area contributed by atoms with Crippen molar-refractivity contribution in [2.45, 2.75) is 50.4 Å². The van der Waals surface area contributed by atoms with Crippen molar-refractivity contribution in [3.63, 3.8) is 0 Å². The van der Waals surface area contributed by atoms with Gasteiger partial charge in [0.25, 0.3) is 5.91 Å². The summed E-state index contributed by atoms with van der Waals surface area (Å²) in [7, 11) is 0. The number of nitrogens with zero attached hydrogens (tertiary/aromatic N) is 4. The standard InChI is InChI=1S/C17H25N5O2/c1-12(23)16(24)22-9-3-6-17(22)5-2-8-21(10-17)15-13-4-7-18-14(13)19-11-20-15/h4,7,11-14,18,23H,2-3,5-6,8-10H2,1H3/t12-,13?,14?,17?/m0/s1. The second kappa shape index (κ2) is 5.88. The van der Waals surface area contributed by atoms with Gasteiger partial charge >= 0.3 is 0 Å². The minimum absolute atomic E-state index is 0.0501. The summed E-state index contributed by atoms with van der Waals surface area (Å²) in [6.07, 6.45) is 8.89. The van der Waals surface area contributed by atoms with E-state index in [1.807, 2.05) is 11.1 Å². The van der Waals surface area contributed by atoms with E-state index in [0.29, 0.717) is 0 Å². The SMILES string of the molecule is C[C@H](O)C(=O)N1CCCC12CCCN(C1=NC=NC3NC=CC13)C2. The fourth-order valence-electron chi connectivity index (χ4n) is 4.61. The minimum atomic E-state index is -0.930. The molecule has 0 bridgehead atoms. The fraction of sp³-hybridized carbons (Fsp3) is 0.706. The molecule has 1 amide bonds. The Bertz CT molecular complexity index is 614. The Labute approximate surface area is 142 Å². The molecule has 3 unspecified atom stereocenters. The van der Waals surface area contributed by atoms with Crippen LogP contribution in [-0.2, 0) is 4.79 Å². The molecule has 0 aromatic rings. The van der Waals surface area contributed by atoms with E-state index in [1.165, 1.54) is 0 Å². The van der Waals surface area contributed by atoms with Crippen LogP contribution in [0.2, 0.25) is 0 Å². The van der Waals surface area contributed by atoms with Gasteiger partial charge in [-0.05, 0) is 38.8 Å². The van der Waals surface area contributed by atoms with Crippen molar-refractivity contribution in [1.29, 1.82) is 0 Å². The van der Waals surface area contributed by atoms with Gasteiger partial charge in [0.2, 0.25) is 0 Å². The molecule has 4 atom stereocenters. The number of piperidine rings is 1. The van der Waals surface area contributed by atoms with Gasteiger partial charge in [-0.15, -0.1) is 0 Å². The largest absolute Gasteiger partial charge is 0.384 e. The molecule has 0 radical (unpaired) electrons. The number of hydrogen-bond acceptors (Lipinski definition) is 6. The number of amidine groups is 1. The zero-order valence-corrected chi connectivity index (χ0v) is 14.1. The third-order valence-corrected chi connectivity index (χ3v) is 5.73. The van der Waals surface area contributed by atoms with Gasteiger partial charge in [0.1, 0.15) is 24.4 Å². The smallest absolute Gasteiger partial charge is 0.251 e. The van der Waals surface area contributed by atoms with Crippen molar-refractivity contribution >= 4 is 18.1 Å². The number of aliphatic hydroxyl groups is 1. The Balaban J connectivity index is 1.57. The van der Waals surface area contributed by atoms with Gasteiger partial charge < -0.3 is 20.2 Å². The lowest BCUT2D eigenvalue weighted by atomic mass is 9.85. The molecule has 7 heteroatoms. The van der Waals surface area contributed by atoms with Crippen LogP contribution in [0.3, 0.4) is 0 Å². The molecular weight excluding hydrogens is 306 g/mol. The van der Waals surface area contributed by atoms with Crippen LogP contribution in [0, 0.1) is 5.92 Å². The first-order valence-corrected chi connectivity index (χ1v) is 8.87. The average molecular weight is 331 g/mol. The number of aliphatic hydroxyl groups excluding tert-OH is 1. The first-order chi connectivity index (χ1) is 11.6. The second-order valence-corrected chi connectivity index (χ2v) is 7.27. The summed E-state index contributed by atoms with van der Waals surface area (Å²) in [5, 5.41) is 13.0. The molecule has 2 saturated heterocycles. The van der Waals surface area contributed by atoms with E-state index in [0.717, 1.165) is 51.2 Å². The molecule has 2 fully saturated rings. The van der Waals surface area contributed by atoms with Crippen LogP contribution in [0.4, 0.5) is 0 Å². The number of carbonyl (C=O) groups is 1. The predicted octanol–water partition coefficient (Wildman–Crippen LogP) is 0.324. The lowest BCUT2D eigenvalue weighted by molar-refractivity contribution is -0.145. The van der Waals surface area contributed by atoms with Crippen molar-refractivity contribution in [1.82, 2.24) is 15.1 Å². The van der Waals surface area contributed by atoms with Crippen LogP contribution < -0.4 is 5.32 Å². The quantitative estimate of drug-likeness (QED) is 0.725. The normalized spacial score (nSPS) is 35.8. The zero-order valence-electron chi connectivity index (χ0n) is 14.1. The van der Waals surface area contributed by atoms with Crippen LogP contribution in [0.1, 0.15) is 32.6 Å². The van der Waals surface area contributed by atoms with E-state index in [4.69, 9.17) is 0 Å². The maximum Gasteiger partial charge on any atom is 0.251 e. The number of carbonyl (C=O) groups excluding carboxylic acids is 1. The summed E-state index contributed by atoms with van der Waals surface area (Å²) in [6.45, 7) is 4.08. The van der Waals surface area contributed by atoms with Crippen molar-refractivity contribution < 1.29 is 9.90 Å². The highest BCUT2D eigenvalue weighted by molar-refractivity contribution is 5.94. The van der Waals surface area contributed by atoms with Crippen molar-refractivity contribution in [2.24, 2.45) is 15.9 Å². The average Bonchev–Trinajstić information content (AvgIpc) is 3.21. The van der Waals surface area contributed by atoms with Crippen molar-refractivity contribution in [3.8, 4) is 0 Å². The summed E-state index contributed by atoms with van der Waals surface area (Å²) in [4.78, 5) is 25.7. The third-order valence-electron chi connectivity index (χ3n) is 5.73. The summed E-state index contributed by atoms with van der Waals surface area (Å²) >= 11 is 0. The highest BCUT2D eigenvalue weighted by Crippen LogP contribution is 2.38. The summed E-state index contributed by atoms with van der Waals surface area (Å²) in [5.41, 5.74) is -0.158. The number of nitrogens with one attached hydrogen (secondary N) is 1. The number of likely N-dealkylation sites (tertiary alicyclic amines) is 2. The molecule has 0 saturated carbocycles. The number of amides is 1. The van der Waals surface area contributed by atoms with E-state index in [-0.39, 0.29) is 23.5 Å². The highest BCUT2D eigenvalue weighted by Gasteiger charge is 2.48. The van der Waals surface area contributed by atoms with Gasteiger partial charge in [0, 0.05) is 19.6 Å². The molecule has 2 N–H and O–H groups in total. The van der Waals surface area contributed by atoms with Crippen LogP contribution >= 0.6 is 0 Å². The van der Waals surface area contributed by atoms with Crippen LogP contribution in [0.5, 0.6) is 0 Å². The van der Waals surface area contributed by atoms with Gasteiger partial charge in [0.05, 0.1) is 11.5 Å². The number of hydrogen-bond donors (Lipinski definition) is 2. The summed E-state index contributed by atoms with van der Waals surface area (Å²) in [6, 6.07) is 0. The molecule has 4 rings (SSSR count). The molecule has 4 heterocycles. The Morgan fingerprint density at radius 2 is 2.21 bits per heavy atom. The molecule has 7 nitrogen and oxygen atoms in total. The molecule has 4 aliphatic heterocycles. The number of aliphatic imine (C=N–C) groups is 2. The molecule has 130 valence electrons. The van der Waals surface area contributed by atoms with Gasteiger partial charge in [-0.1, -0.05) is 6.08 Å². The van der Waals surface area contributed by atoms with Crippen LogP contribution in [0.15, 0.2) is 22.3 Å². The Morgan fingerprint density at radius 3 is 3.00 bits per heavy atom. The van der Waals surface area contributed by atoms with E-state index < -0.39 is 6.10 Å². The third kappa shape index (κ3) is 2.42. The molecule has 0 aromatic heterocycles. The zero-order chi connectivity index (χ0) is 16.7. The van der Waals surface area contributed by atoms with E-state index in [2.05, 4.69) is 26.3 Å². The lowest BCUT2D eigenvalue weighted by Crippen LogP contribution is -2.60. The molecule has 1 spiro atoms. The maximum atomic E-state index is 12.5. The number of rotatable bonds is 1. The van der Waals surface area contributed by atoms with Gasteiger partial charge in [-0.3, -0.25) is 4.79 Å². The van der Waals surface area contributed by atoms with Crippen molar-refractivity contribution in [2.75, 3.05) is 19.6 Å². The number of fused-ring (bicyclic) bond motifs is 1. The Hall–Kier alpha value is -1.89. The van der Waals surface area contributed by atoms with Crippen LogP contribution in [0.25, 0.3) is 0 Å². The fourth-order valence-corrected chi connectivity index (χ4v) is 4.61. The molecule has 0 aliphatic carbocycles. The van der Waals surface area contributed by atoms with Gasteiger partial charge in [-0.2, -0.15) is 0 Å². The molecule has 24 heavy (non-hydrogen) atoms. The molecular formula is C17H25N5O2. The predicted molar refractivity (Wildman–Crippen MR) is 91.6 cm³/mol. The molecule has 0 aromatic carbocycles. The summed E-state index contributed by atoms with van der Waals surface area (Å²) in [5.74, 6) is 1.08. The first kappa shape index (κ1) is 15.6. The van der Waals surface area contributed by atoms with E-state index in [1.54, 1.807) is 13.3 Å². The topological polar surface area (TPSA) is 80.5 Å².